The van der Waals surface area contributed by atoms with E-state index in [-0.39, 0.29) is 18.9 Å². The van der Waals surface area contributed by atoms with Crippen LogP contribution in [0.2, 0.25) is 0 Å². The number of hydrogen-bond donors (Lipinski definition) is 5. The highest BCUT2D eigenvalue weighted by Gasteiger charge is 2.28. The van der Waals surface area contributed by atoms with Crippen LogP contribution in [0.5, 0.6) is 0 Å². The lowest BCUT2D eigenvalue weighted by molar-refractivity contribution is -0.161. The minimum absolute atomic E-state index is 0.0419. The van der Waals surface area contributed by atoms with Gasteiger partial charge in [0.25, 0.3) is 0 Å². The Bertz CT molecular complexity index is 1250. The number of hydrogen-bond acceptors (Lipinski definition) is 11. The Balaban J connectivity index is 4.64. The van der Waals surface area contributed by atoms with Crippen molar-refractivity contribution in [3.63, 3.8) is 0 Å². The van der Waals surface area contributed by atoms with E-state index in [0.717, 1.165) is 63.7 Å². The monoisotopic (exact) mass is 866 g/mol. The molecule has 0 aromatic rings. The smallest absolute Gasteiger partial charge is 0.462 e. The van der Waals surface area contributed by atoms with Gasteiger partial charge in [-0.1, -0.05) is 134 Å². The average molecular weight is 867 g/mol. The van der Waals surface area contributed by atoms with E-state index in [4.69, 9.17) is 23.8 Å². The van der Waals surface area contributed by atoms with Crippen molar-refractivity contribution in [3.05, 3.63) is 48.6 Å². The van der Waals surface area contributed by atoms with Gasteiger partial charge in [0, 0.05) is 12.8 Å². The summed E-state index contributed by atoms with van der Waals surface area (Å²) in [6.07, 6.45) is 32.1. The van der Waals surface area contributed by atoms with Gasteiger partial charge in [-0.2, -0.15) is 0 Å². The first-order chi connectivity index (χ1) is 27.6. The highest BCUT2D eigenvalue weighted by Crippen LogP contribution is 2.43. The maximum absolute atomic E-state index is 12.6. The molecule has 0 aromatic carbocycles. The van der Waals surface area contributed by atoms with Crippen LogP contribution in [-0.2, 0) is 41.8 Å². The predicted octanol–water partition coefficient (Wildman–Crippen LogP) is 9.50. The van der Waals surface area contributed by atoms with Crippen molar-refractivity contribution in [2.24, 2.45) is 5.92 Å². The number of phosphoric acid groups is 2. The number of ether oxygens (including phenoxy) is 2. The van der Waals surface area contributed by atoms with Gasteiger partial charge in [-0.3, -0.25) is 23.2 Å². The molecule has 58 heavy (non-hydrogen) atoms. The molecule has 0 aliphatic heterocycles. The Kier molecular flexibility index (Phi) is 35.6. The van der Waals surface area contributed by atoms with Gasteiger partial charge in [-0.15, -0.1) is 0 Å². The fourth-order valence-corrected chi connectivity index (χ4v) is 6.54. The van der Waals surface area contributed by atoms with E-state index in [1.54, 1.807) is 0 Å². The SMILES string of the molecule is CC[C@@H](O)CC/C=C\C/C=C\C/C=C\C/C=C\CCCC(=O)O[C@H](COC(=O)CCCCCCCCCCCCC(C)C)COP(=O)(O)OC[C@@H](O)COP(=O)(O)O. The Labute approximate surface area is 348 Å². The van der Waals surface area contributed by atoms with Crippen LogP contribution < -0.4 is 0 Å². The molecule has 338 valence electrons. The normalized spacial score (nSPS) is 15.2. The second-order valence-electron chi connectivity index (χ2n) is 14.9. The molecule has 0 spiro atoms. The standard InChI is InChI=1S/C42H76O14P2/c1-4-38(43)30-26-22-18-14-9-7-5-6-8-10-16-20-24-28-32-42(46)56-40(36-55-58(50,51)54-34-39(44)33-53-57(47,48)49)35-52-41(45)31-27-23-19-15-12-11-13-17-21-25-29-37(2)3/h6-9,16,18,20,22,37-40,43-44H,4-5,10-15,17,19,21,23-36H2,1-3H3,(H,50,51)(H2,47,48,49)/b8-6-,9-7-,20-16-,22-18-/t38-,39+,40-/m1/s1. The summed E-state index contributed by atoms with van der Waals surface area (Å²) in [6.45, 7) is 3.69. The molecular formula is C42H76O14P2. The molecule has 0 rings (SSSR count). The number of aliphatic hydroxyl groups excluding tert-OH is 2. The molecule has 1 unspecified atom stereocenters. The summed E-state index contributed by atoms with van der Waals surface area (Å²) in [5, 5.41) is 19.3. The Morgan fingerprint density at radius 3 is 1.59 bits per heavy atom. The number of carbonyl (C=O) groups is 2. The summed E-state index contributed by atoms with van der Waals surface area (Å²) in [7, 11) is -9.70. The van der Waals surface area contributed by atoms with Gasteiger partial charge in [-0.25, -0.2) is 9.13 Å². The third-order valence-corrected chi connectivity index (χ3v) is 10.2. The summed E-state index contributed by atoms with van der Waals surface area (Å²) in [5.41, 5.74) is 0. The second-order valence-corrected chi connectivity index (χ2v) is 17.6. The van der Waals surface area contributed by atoms with Gasteiger partial charge >= 0.3 is 27.6 Å². The lowest BCUT2D eigenvalue weighted by Gasteiger charge is -2.20. The highest BCUT2D eigenvalue weighted by atomic mass is 31.2. The van der Waals surface area contributed by atoms with E-state index < -0.39 is 66.2 Å². The van der Waals surface area contributed by atoms with Gasteiger partial charge in [0.15, 0.2) is 6.10 Å². The Hall–Kier alpha value is -1.96. The van der Waals surface area contributed by atoms with Crippen molar-refractivity contribution >= 4 is 27.6 Å². The van der Waals surface area contributed by atoms with Gasteiger partial charge < -0.3 is 34.4 Å². The van der Waals surface area contributed by atoms with Crippen LogP contribution in [0.4, 0.5) is 0 Å². The van der Waals surface area contributed by atoms with Gasteiger partial charge in [0.05, 0.1) is 25.9 Å². The molecule has 16 heteroatoms. The molecule has 0 saturated carbocycles. The number of allylic oxidation sites excluding steroid dienone is 8. The van der Waals surface area contributed by atoms with Crippen LogP contribution in [0, 0.1) is 5.92 Å². The second kappa shape index (κ2) is 36.9. The summed E-state index contributed by atoms with van der Waals surface area (Å²) in [5.74, 6) is -0.349. The van der Waals surface area contributed by atoms with Crippen molar-refractivity contribution in [1.29, 1.82) is 0 Å². The van der Waals surface area contributed by atoms with E-state index in [2.05, 4.69) is 59.4 Å². The molecule has 0 aromatic heterocycles. The number of esters is 2. The summed E-state index contributed by atoms with van der Waals surface area (Å²) >= 11 is 0. The van der Waals surface area contributed by atoms with E-state index in [0.29, 0.717) is 19.3 Å². The topological polar surface area (TPSA) is 216 Å². The molecule has 14 nitrogen and oxygen atoms in total. The Morgan fingerprint density at radius 2 is 1.03 bits per heavy atom. The molecule has 0 fully saturated rings. The third-order valence-electron chi connectivity index (χ3n) is 8.80. The number of aliphatic hydroxyl groups is 2. The summed E-state index contributed by atoms with van der Waals surface area (Å²) < 4.78 is 47.6. The fraction of sp³-hybridized carbons (Fsp3) is 0.762. The quantitative estimate of drug-likeness (QED) is 0.0168. The van der Waals surface area contributed by atoms with Crippen LogP contribution in [0.15, 0.2) is 48.6 Å². The molecule has 0 bridgehead atoms. The number of rotatable bonds is 39. The van der Waals surface area contributed by atoms with Gasteiger partial charge in [0.1, 0.15) is 12.7 Å². The van der Waals surface area contributed by atoms with Crippen molar-refractivity contribution in [2.45, 2.75) is 174 Å². The van der Waals surface area contributed by atoms with E-state index in [1.165, 1.54) is 44.9 Å². The summed E-state index contributed by atoms with van der Waals surface area (Å²) in [4.78, 5) is 52.6. The van der Waals surface area contributed by atoms with Gasteiger partial charge in [0.2, 0.25) is 0 Å². The maximum atomic E-state index is 12.6. The fourth-order valence-electron chi connectivity index (χ4n) is 5.39. The van der Waals surface area contributed by atoms with Gasteiger partial charge in [-0.05, 0) is 63.7 Å². The Morgan fingerprint density at radius 1 is 0.552 bits per heavy atom. The zero-order valence-electron chi connectivity index (χ0n) is 35.4. The van der Waals surface area contributed by atoms with Crippen LogP contribution in [-0.4, -0.2) is 81.6 Å². The molecular weight excluding hydrogens is 790 g/mol. The van der Waals surface area contributed by atoms with Crippen molar-refractivity contribution in [1.82, 2.24) is 0 Å². The lowest BCUT2D eigenvalue weighted by atomic mass is 10.0. The number of carbonyl (C=O) groups excluding carboxylic acids is 2. The van der Waals surface area contributed by atoms with E-state index in [9.17, 15) is 33.8 Å². The molecule has 4 atom stereocenters. The third kappa shape index (κ3) is 40.8. The van der Waals surface area contributed by atoms with Crippen molar-refractivity contribution in [3.8, 4) is 0 Å². The van der Waals surface area contributed by atoms with Crippen LogP contribution in [0.3, 0.4) is 0 Å². The summed E-state index contributed by atoms with van der Waals surface area (Å²) in [6, 6.07) is 0. The lowest BCUT2D eigenvalue weighted by Crippen LogP contribution is -2.29. The average Bonchev–Trinajstić information content (AvgIpc) is 3.17. The maximum Gasteiger partial charge on any atom is 0.472 e. The first kappa shape index (κ1) is 56.0. The highest BCUT2D eigenvalue weighted by molar-refractivity contribution is 7.47. The zero-order valence-corrected chi connectivity index (χ0v) is 37.2. The largest absolute Gasteiger partial charge is 0.472 e. The predicted molar refractivity (Wildman–Crippen MR) is 227 cm³/mol. The number of unbranched alkanes of at least 4 members (excludes halogenated alkanes) is 10. The minimum Gasteiger partial charge on any atom is -0.462 e. The zero-order chi connectivity index (χ0) is 43.3. The molecule has 0 heterocycles. The minimum atomic E-state index is -4.87. The molecule has 0 aliphatic carbocycles. The van der Waals surface area contributed by atoms with E-state index >= 15 is 0 Å². The molecule has 5 N–H and O–H groups in total. The van der Waals surface area contributed by atoms with E-state index in [1.807, 2.05) is 19.1 Å². The van der Waals surface area contributed by atoms with Crippen LogP contribution >= 0.6 is 15.6 Å². The molecule has 0 saturated heterocycles. The van der Waals surface area contributed by atoms with Crippen molar-refractivity contribution in [2.75, 3.05) is 26.4 Å². The first-order valence-corrected chi connectivity index (χ1v) is 24.3. The number of phosphoric ester groups is 2. The molecule has 0 aliphatic rings. The first-order valence-electron chi connectivity index (χ1n) is 21.3. The molecule has 0 radical (unpaired) electrons. The van der Waals surface area contributed by atoms with Crippen molar-refractivity contribution < 1.29 is 66.7 Å². The van der Waals surface area contributed by atoms with Crippen LogP contribution in [0.25, 0.3) is 0 Å². The van der Waals surface area contributed by atoms with Crippen LogP contribution in [0.1, 0.15) is 156 Å². The molecule has 0 amide bonds.